The van der Waals surface area contributed by atoms with Gasteiger partial charge in [-0.2, -0.15) is 0 Å². The second-order valence-corrected chi connectivity index (χ2v) is 8.96. The van der Waals surface area contributed by atoms with Crippen molar-refractivity contribution < 1.29 is 17.9 Å². The molecule has 2 rings (SSSR count). The molecule has 2 heterocycles. The molecule has 0 aromatic carbocycles. The third kappa shape index (κ3) is 5.28. The lowest BCUT2D eigenvalue weighted by Gasteiger charge is -2.26. The van der Waals surface area contributed by atoms with Crippen LogP contribution in [0.25, 0.3) is 0 Å². The Hall–Kier alpha value is -1.08. The lowest BCUT2D eigenvalue weighted by atomic mass is 10.1. The van der Waals surface area contributed by atoms with Gasteiger partial charge < -0.3 is 15.0 Å². The van der Waals surface area contributed by atoms with Crippen LogP contribution >= 0.6 is 0 Å². The Bertz CT molecular complexity index is 536. The zero-order valence-corrected chi connectivity index (χ0v) is 14.4. The van der Waals surface area contributed by atoms with Crippen LogP contribution in [0.2, 0.25) is 0 Å². The summed E-state index contributed by atoms with van der Waals surface area (Å²) in [6.45, 7) is 6.90. The minimum Gasteiger partial charge on any atom is -0.444 e. The molecule has 0 spiro atoms. The first-order valence-corrected chi connectivity index (χ1v) is 9.51. The van der Waals surface area contributed by atoms with Crippen LogP contribution in [0.5, 0.6) is 0 Å². The molecule has 0 aromatic rings. The number of carbonyl (C=O) groups excluding carboxylic acids is 1. The number of nitrogens with zero attached hydrogens (tertiary/aromatic N) is 1. The molecule has 0 radical (unpaired) electrons. The number of hydrogen-bond donors (Lipinski definition) is 1. The number of rotatable bonds is 2. The fraction of sp³-hybridized carbons (Fsp3) is 0.800. The highest BCUT2D eigenvalue weighted by molar-refractivity contribution is 7.94. The highest BCUT2D eigenvalue weighted by Crippen LogP contribution is 2.17. The summed E-state index contributed by atoms with van der Waals surface area (Å²) in [5.74, 6) is 0.138. The van der Waals surface area contributed by atoms with E-state index in [2.05, 4.69) is 5.32 Å². The minimum atomic E-state index is -3.03. The van der Waals surface area contributed by atoms with E-state index < -0.39 is 15.4 Å². The number of likely N-dealkylation sites (tertiary alicyclic amines) is 1. The number of hydrogen-bond acceptors (Lipinski definition) is 5. The molecule has 1 saturated heterocycles. The van der Waals surface area contributed by atoms with Gasteiger partial charge in [-0.05, 0) is 40.0 Å². The van der Waals surface area contributed by atoms with Gasteiger partial charge in [-0.1, -0.05) is 6.08 Å². The van der Waals surface area contributed by atoms with E-state index in [4.69, 9.17) is 4.74 Å². The molecule has 22 heavy (non-hydrogen) atoms. The van der Waals surface area contributed by atoms with Gasteiger partial charge in [0.15, 0.2) is 9.84 Å². The van der Waals surface area contributed by atoms with E-state index in [1.54, 1.807) is 11.0 Å². The van der Waals surface area contributed by atoms with Crippen molar-refractivity contribution in [2.45, 2.75) is 57.7 Å². The highest BCUT2D eigenvalue weighted by atomic mass is 32.2. The largest absolute Gasteiger partial charge is 0.444 e. The quantitative estimate of drug-likeness (QED) is 0.833. The lowest BCUT2D eigenvalue weighted by molar-refractivity contribution is 0.0256. The van der Waals surface area contributed by atoms with Crippen molar-refractivity contribution in [1.82, 2.24) is 10.2 Å². The number of amides is 1. The predicted octanol–water partition coefficient (Wildman–Crippen LogP) is 1.68. The molecule has 1 amide bonds. The number of carbonyl (C=O) groups is 1. The summed E-state index contributed by atoms with van der Waals surface area (Å²) in [5.41, 5.74) is -0.482. The minimum absolute atomic E-state index is 0.108. The summed E-state index contributed by atoms with van der Waals surface area (Å²) >= 11 is 0. The molecule has 0 aromatic heterocycles. The van der Waals surface area contributed by atoms with Crippen molar-refractivity contribution in [2.24, 2.45) is 0 Å². The van der Waals surface area contributed by atoms with E-state index in [-0.39, 0.29) is 23.9 Å². The third-order valence-corrected chi connectivity index (χ3v) is 5.16. The van der Waals surface area contributed by atoms with Gasteiger partial charge in [0.05, 0.1) is 5.75 Å². The Balaban J connectivity index is 1.83. The molecule has 6 nitrogen and oxygen atoms in total. The molecule has 0 aliphatic carbocycles. The summed E-state index contributed by atoms with van der Waals surface area (Å²) in [7, 11) is -3.03. The average molecular weight is 330 g/mol. The second kappa shape index (κ2) is 6.58. The molecule has 1 N–H and O–H groups in total. The molecule has 1 fully saturated rings. The van der Waals surface area contributed by atoms with Crippen molar-refractivity contribution >= 4 is 15.9 Å². The molecular formula is C15H26N2O4S. The van der Waals surface area contributed by atoms with Crippen LogP contribution in [0.15, 0.2) is 11.5 Å². The van der Waals surface area contributed by atoms with E-state index in [1.807, 2.05) is 20.8 Å². The van der Waals surface area contributed by atoms with Crippen LogP contribution in [-0.4, -0.2) is 55.9 Å². The van der Waals surface area contributed by atoms with Gasteiger partial charge in [0.25, 0.3) is 0 Å². The summed E-state index contributed by atoms with van der Waals surface area (Å²) in [5, 5.41) is 4.66. The normalized spacial score (nSPS) is 28.4. The highest BCUT2D eigenvalue weighted by Gasteiger charge is 2.28. The van der Waals surface area contributed by atoms with Crippen LogP contribution in [0.3, 0.4) is 0 Å². The molecule has 2 unspecified atom stereocenters. The van der Waals surface area contributed by atoms with E-state index in [1.165, 1.54) is 5.41 Å². The number of ether oxygens (including phenoxy) is 1. The standard InChI is InChI=1S/C15H26N2O4S/c1-15(2,3)21-14(18)17-8-4-5-12(6-9-17)16-13-7-10-22(19,20)11-13/h7,10,12-13,16H,4-6,8-9,11H2,1-3H3. The van der Waals surface area contributed by atoms with Crippen LogP contribution in [0.1, 0.15) is 40.0 Å². The summed E-state index contributed by atoms with van der Waals surface area (Å²) < 4.78 is 28.3. The summed E-state index contributed by atoms with van der Waals surface area (Å²) in [6.07, 6.45) is 4.08. The smallest absolute Gasteiger partial charge is 0.410 e. The molecule has 7 heteroatoms. The second-order valence-electron chi connectivity index (χ2n) is 7.03. The zero-order chi connectivity index (χ0) is 16.4. The Morgan fingerprint density at radius 3 is 2.59 bits per heavy atom. The van der Waals surface area contributed by atoms with Gasteiger partial charge in [-0.15, -0.1) is 0 Å². The lowest BCUT2D eigenvalue weighted by Crippen LogP contribution is -2.40. The fourth-order valence-electron chi connectivity index (χ4n) is 2.75. The molecule has 2 aliphatic rings. The first-order valence-electron chi connectivity index (χ1n) is 7.79. The Kier molecular flexibility index (Phi) is 5.17. The van der Waals surface area contributed by atoms with E-state index >= 15 is 0 Å². The molecule has 126 valence electrons. The van der Waals surface area contributed by atoms with Crippen LogP contribution < -0.4 is 5.32 Å². The van der Waals surface area contributed by atoms with Gasteiger partial charge in [0.2, 0.25) is 0 Å². The van der Waals surface area contributed by atoms with Crippen LogP contribution in [0, 0.1) is 0 Å². The van der Waals surface area contributed by atoms with Crippen molar-refractivity contribution in [3.05, 3.63) is 11.5 Å². The summed E-state index contributed by atoms with van der Waals surface area (Å²) in [6, 6.07) is 0.124. The maximum absolute atomic E-state index is 12.1. The number of nitrogens with one attached hydrogen (secondary N) is 1. The molecule has 2 atom stereocenters. The molecule has 0 saturated carbocycles. The van der Waals surface area contributed by atoms with Crippen molar-refractivity contribution in [3.63, 3.8) is 0 Å². The van der Waals surface area contributed by atoms with E-state index in [0.29, 0.717) is 13.1 Å². The SMILES string of the molecule is CC(C)(C)OC(=O)N1CCCC(NC2C=CS(=O)(=O)C2)CC1. The maximum Gasteiger partial charge on any atom is 0.410 e. The zero-order valence-electron chi connectivity index (χ0n) is 13.5. The van der Waals surface area contributed by atoms with Crippen LogP contribution in [0.4, 0.5) is 4.79 Å². The average Bonchev–Trinajstić information content (AvgIpc) is 2.58. The van der Waals surface area contributed by atoms with E-state index in [0.717, 1.165) is 19.3 Å². The molecule has 0 bridgehead atoms. The van der Waals surface area contributed by atoms with Gasteiger partial charge in [-0.3, -0.25) is 0 Å². The fourth-order valence-corrected chi connectivity index (χ4v) is 4.00. The van der Waals surface area contributed by atoms with Gasteiger partial charge in [-0.25, -0.2) is 13.2 Å². The maximum atomic E-state index is 12.1. The van der Waals surface area contributed by atoms with Crippen molar-refractivity contribution in [1.29, 1.82) is 0 Å². The van der Waals surface area contributed by atoms with Gasteiger partial charge in [0.1, 0.15) is 5.60 Å². The predicted molar refractivity (Wildman–Crippen MR) is 85.3 cm³/mol. The number of sulfone groups is 1. The first kappa shape index (κ1) is 17.3. The van der Waals surface area contributed by atoms with Crippen LogP contribution in [-0.2, 0) is 14.6 Å². The van der Waals surface area contributed by atoms with E-state index in [9.17, 15) is 13.2 Å². The van der Waals surface area contributed by atoms with Crippen molar-refractivity contribution in [2.75, 3.05) is 18.8 Å². The Labute approximate surface area is 132 Å². The Morgan fingerprint density at radius 1 is 1.27 bits per heavy atom. The van der Waals surface area contributed by atoms with Gasteiger partial charge in [0, 0.05) is 30.6 Å². The first-order chi connectivity index (χ1) is 10.1. The molecule has 2 aliphatic heterocycles. The third-order valence-electron chi connectivity index (χ3n) is 3.76. The Morgan fingerprint density at radius 2 is 2.00 bits per heavy atom. The molecular weight excluding hydrogens is 304 g/mol. The van der Waals surface area contributed by atoms with Crippen molar-refractivity contribution in [3.8, 4) is 0 Å². The monoisotopic (exact) mass is 330 g/mol. The van der Waals surface area contributed by atoms with Gasteiger partial charge >= 0.3 is 6.09 Å². The topological polar surface area (TPSA) is 75.7 Å². The summed E-state index contributed by atoms with van der Waals surface area (Å²) in [4.78, 5) is 13.8.